The molecule has 0 radical (unpaired) electrons. The van der Waals surface area contributed by atoms with E-state index in [9.17, 15) is 4.79 Å². The minimum absolute atomic E-state index is 0.192. The zero-order valence-corrected chi connectivity index (χ0v) is 14.9. The first-order chi connectivity index (χ1) is 12.0. The zero-order chi connectivity index (χ0) is 17.8. The molecule has 0 saturated carbocycles. The third-order valence-electron chi connectivity index (χ3n) is 3.25. The molecule has 0 fully saturated rings. The number of aromatic nitrogens is 2. The average Bonchev–Trinajstić information content (AvgIpc) is 2.61. The summed E-state index contributed by atoms with van der Waals surface area (Å²) in [5.74, 6) is 0.192. The molecule has 5 nitrogen and oxygen atoms in total. The summed E-state index contributed by atoms with van der Waals surface area (Å²) in [6.07, 6.45) is 1.41. The summed E-state index contributed by atoms with van der Waals surface area (Å²) in [7, 11) is 0. The van der Waals surface area contributed by atoms with Crippen LogP contribution in [0.15, 0.2) is 58.4 Å². The lowest BCUT2D eigenvalue weighted by atomic mass is 10.1. The Morgan fingerprint density at radius 2 is 1.76 bits per heavy atom. The molecule has 0 amide bonds. The molecule has 0 unspecified atom stereocenters. The minimum atomic E-state index is -0.301. The molecule has 0 aliphatic heterocycles. The summed E-state index contributed by atoms with van der Waals surface area (Å²) in [5, 5.41) is 5.07. The van der Waals surface area contributed by atoms with E-state index >= 15 is 0 Å². The highest BCUT2D eigenvalue weighted by Gasteiger charge is 2.08. The number of rotatable bonds is 4. The van der Waals surface area contributed by atoms with Gasteiger partial charge in [0.05, 0.1) is 27.0 Å². The maximum absolute atomic E-state index is 11.8. The standard InChI is InChI=1S/C17H11Cl3N4O/c18-12-6-7-13(19)16(20)11(12)9-21-24-17-22-14(8-15(25)23-17)10-4-2-1-3-5-10/h1-9H,(H2,22,23,24,25)/b21-9+. The molecule has 3 rings (SSSR count). The highest BCUT2D eigenvalue weighted by atomic mass is 35.5. The van der Waals surface area contributed by atoms with Crippen LogP contribution in [0.1, 0.15) is 5.56 Å². The van der Waals surface area contributed by atoms with Crippen molar-refractivity contribution in [2.45, 2.75) is 0 Å². The third kappa shape index (κ3) is 4.20. The van der Waals surface area contributed by atoms with Crippen LogP contribution in [-0.4, -0.2) is 16.2 Å². The maximum Gasteiger partial charge on any atom is 0.252 e. The molecule has 0 aliphatic carbocycles. The van der Waals surface area contributed by atoms with E-state index in [4.69, 9.17) is 34.8 Å². The molecule has 0 aliphatic rings. The Morgan fingerprint density at radius 1 is 1.04 bits per heavy atom. The zero-order valence-electron chi connectivity index (χ0n) is 12.6. The van der Waals surface area contributed by atoms with Gasteiger partial charge in [-0.05, 0) is 12.1 Å². The van der Waals surface area contributed by atoms with Crippen molar-refractivity contribution in [3.05, 3.63) is 79.5 Å². The molecule has 2 N–H and O–H groups in total. The Morgan fingerprint density at radius 3 is 2.52 bits per heavy atom. The fourth-order valence-corrected chi connectivity index (χ4v) is 2.72. The predicted octanol–water partition coefficient (Wildman–Crippen LogP) is 4.84. The molecule has 2 aromatic carbocycles. The molecule has 0 bridgehead atoms. The van der Waals surface area contributed by atoms with Crippen molar-refractivity contribution in [2.24, 2.45) is 5.10 Å². The quantitative estimate of drug-likeness (QED) is 0.378. The van der Waals surface area contributed by atoms with Gasteiger partial charge in [-0.25, -0.2) is 10.4 Å². The summed E-state index contributed by atoms with van der Waals surface area (Å²) >= 11 is 18.1. The van der Waals surface area contributed by atoms with Gasteiger partial charge in [-0.2, -0.15) is 5.10 Å². The van der Waals surface area contributed by atoms with Gasteiger partial charge in [-0.3, -0.25) is 9.78 Å². The Kier molecular flexibility index (Phi) is 5.38. The summed E-state index contributed by atoms with van der Waals surface area (Å²) in [5.41, 5.74) is 4.17. The summed E-state index contributed by atoms with van der Waals surface area (Å²) in [6.45, 7) is 0. The lowest BCUT2D eigenvalue weighted by Crippen LogP contribution is -2.10. The van der Waals surface area contributed by atoms with Gasteiger partial charge in [-0.1, -0.05) is 65.1 Å². The Balaban J connectivity index is 1.86. The van der Waals surface area contributed by atoms with Crippen molar-refractivity contribution >= 4 is 47.0 Å². The van der Waals surface area contributed by atoms with Crippen LogP contribution in [0.2, 0.25) is 15.1 Å². The van der Waals surface area contributed by atoms with Gasteiger partial charge in [0.15, 0.2) is 0 Å². The number of hydrogen-bond donors (Lipinski definition) is 2. The highest BCUT2D eigenvalue weighted by Crippen LogP contribution is 2.30. The lowest BCUT2D eigenvalue weighted by molar-refractivity contribution is 1.09. The second kappa shape index (κ2) is 7.70. The molecule has 8 heteroatoms. The van der Waals surface area contributed by atoms with Crippen LogP contribution in [-0.2, 0) is 0 Å². The normalized spacial score (nSPS) is 11.0. The van der Waals surface area contributed by atoms with E-state index < -0.39 is 0 Å². The second-order valence-electron chi connectivity index (χ2n) is 4.97. The topological polar surface area (TPSA) is 70.1 Å². The number of nitrogens with one attached hydrogen (secondary N) is 2. The van der Waals surface area contributed by atoms with Crippen LogP contribution in [0, 0.1) is 0 Å². The summed E-state index contributed by atoms with van der Waals surface area (Å²) in [4.78, 5) is 18.7. The van der Waals surface area contributed by atoms with Crippen molar-refractivity contribution < 1.29 is 0 Å². The van der Waals surface area contributed by atoms with Crippen molar-refractivity contribution in [1.29, 1.82) is 0 Å². The molecule has 0 spiro atoms. The van der Waals surface area contributed by atoms with Gasteiger partial charge < -0.3 is 0 Å². The van der Waals surface area contributed by atoms with Crippen molar-refractivity contribution in [3.8, 4) is 11.3 Å². The van der Waals surface area contributed by atoms with Gasteiger partial charge in [0.1, 0.15) is 0 Å². The predicted molar refractivity (Wildman–Crippen MR) is 103 cm³/mol. The van der Waals surface area contributed by atoms with E-state index in [1.165, 1.54) is 12.3 Å². The van der Waals surface area contributed by atoms with Gasteiger partial charge >= 0.3 is 0 Å². The Labute approximate surface area is 158 Å². The molecular formula is C17H11Cl3N4O. The number of benzene rings is 2. The molecule has 0 saturated heterocycles. The van der Waals surface area contributed by atoms with Crippen molar-refractivity contribution in [3.63, 3.8) is 0 Å². The summed E-state index contributed by atoms with van der Waals surface area (Å²) < 4.78 is 0. The van der Waals surface area contributed by atoms with Crippen LogP contribution in [0.4, 0.5) is 5.95 Å². The number of hydrogen-bond acceptors (Lipinski definition) is 4. The van der Waals surface area contributed by atoms with Crippen LogP contribution in [0.25, 0.3) is 11.3 Å². The van der Waals surface area contributed by atoms with E-state index in [2.05, 4.69) is 20.5 Å². The number of hydrazone groups is 1. The molecular weight excluding hydrogens is 383 g/mol. The number of nitrogens with zero attached hydrogens (tertiary/aromatic N) is 2. The van der Waals surface area contributed by atoms with E-state index in [-0.39, 0.29) is 11.5 Å². The Hall–Kier alpha value is -2.34. The van der Waals surface area contributed by atoms with Crippen LogP contribution in [0.5, 0.6) is 0 Å². The van der Waals surface area contributed by atoms with Crippen LogP contribution >= 0.6 is 34.8 Å². The van der Waals surface area contributed by atoms with E-state index in [0.717, 1.165) is 5.56 Å². The fourth-order valence-electron chi connectivity index (χ4n) is 2.09. The lowest BCUT2D eigenvalue weighted by Gasteiger charge is -2.05. The van der Waals surface area contributed by atoms with Gasteiger partial charge in [0.2, 0.25) is 5.95 Å². The molecule has 25 heavy (non-hydrogen) atoms. The van der Waals surface area contributed by atoms with E-state index in [0.29, 0.717) is 26.3 Å². The number of halogens is 3. The molecule has 1 heterocycles. The van der Waals surface area contributed by atoms with Crippen molar-refractivity contribution in [2.75, 3.05) is 5.43 Å². The Bertz CT molecular complexity index is 987. The molecule has 3 aromatic rings. The monoisotopic (exact) mass is 392 g/mol. The summed E-state index contributed by atoms with van der Waals surface area (Å²) in [6, 6.07) is 14.0. The van der Waals surface area contributed by atoms with Gasteiger partial charge in [0, 0.05) is 17.2 Å². The first-order valence-electron chi connectivity index (χ1n) is 7.14. The number of anilines is 1. The minimum Gasteiger partial charge on any atom is -0.291 e. The van der Waals surface area contributed by atoms with Gasteiger partial charge in [-0.15, -0.1) is 0 Å². The smallest absolute Gasteiger partial charge is 0.252 e. The molecule has 0 atom stereocenters. The molecule has 1 aromatic heterocycles. The van der Waals surface area contributed by atoms with Gasteiger partial charge in [0.25, 0.3) is 5.56 Å². The second-order valence-corrected chi connectivity index (χ2v) is 6.16. The van der Waals surface area contributed by atoms with Crippen LogP contribution in [0.3, 0.4) is 0 Å². The SMILES string of the molecule is O=c1cc(-c2ccccc2)nc(N/N=C/c2c(Cl)ccc(Cl)c2Cl)[nH]1. The first-order valence-corrected chi connectivity index (χ1v) is 8.27. The average molecular weight is 394 g/mol. The maximum atomic E-state index is 11.8. The highest BCUT2D eigenvalue weighted by molar-refractivity contribution is 6.45. The van der Waals surface area contributed by atoms with Crippen molar-refractivity contribution in [1.82, 2.24) is 9.97 Å². The van der Waals surface area contributed by atoms with E-state index in [1.807, 2.05) is 30.3 Å². The van der Waals surface area contributed by atoms with E-state index in [1.54, 1.807) is 12.1 Å². The van der Waals surface area contributed by atoms with Crippen LogP contribution < -0.4 is 11.0 Å². The molecule has 126 valence electrons. The largest absolute Gasteiger partial charge is 0.291 e. The fraction of sp³-hybridized carbons (Fsp3) is 0. The first kappa shape index (κ1) is 17.5. The number of aromatic amines is 1. The number of H-pyrrole nitrogens is 1. The third-order valence-corrected chi connectivity index (χ3v) is 4.40.